The third-order valence-electron chi connectivity index (χ3n) is 4.73. The lowest BCUT2D eigenvalue weighted by atomic mass is 10.1. The highest BCUT2D eigenvalue weighted by Crippen LogP contribution is 2.42. The Morgan fingerprint density at radius 3 is 2.04 bits per heavy atom. The van der Waals surface area contributed by atoms with E-state index in [1.54, 1.807) is 11.8 Å². The van der Waals surface area contributed by atoms with Gasteiger partial charge in [-0.3, -0.25) is 0 Å². The number of hydrogen-bond donors (Lipinski definition) is 0. The summed E-state index contributed by atoms with van der Waals surface area (Å²) in [5, 5.41) is 0. The van der Waals surface area contributed by atoms with Crippen LogP contribution in [0.4, 0.5) is 4.79 Å². The second-order valence-corrected chi connectivity index (χ2v) is 8.16. The Morgan fingerprint density at radius 1 is 0.917 bits per heavy atom. The first kappa shape index (κ1) is 15.9. The van der Waals surface area contributed by atoms with Crippen LogP contribution in [-0.4, -0.2) is 38.4 Å². The molecule has 2 fully saturated rings. The molecule has 2 amide bonds. The molecule has 2 aliphatic heterocycles. The van der Waals surface area contributed by atoms with Crippen molar-refractivity contribution in [2.24, 2.45) is 0 Å². The maximum absolute atomic E-state index is 13.1. The van der Waals surface area contributed by atoms with Crippen molar-refractivity contribution in [2.75, 3.05) is 5.75 Å². The molecule has 2 aromatic rings. The van der Waals surface area contributed by atoms with Gasteiger partial charge in [0, 0.05) is 18.8 Å². The van der Waals surface area contributed by atoms with Gasteiger partial charge >= 0.3 is 6.03 Å². The highest BCUT2D eigenvalue weighted by atomic mass is 35.5. The molecule has 124 valence electrons. The zero-order valence-corrected chi connectivity index (χ0v) is 14.8. The summed E-state index contributed by atoms with van der Waals surface area (Å²) in [5.41, 5.74) is 2.31. The third-order valence-corrected chi connectivity index (χ3v) is 6.50. The van der Waals surface area contributed by atoms with Crippen molar-refractivity contribution >= 4 is 29.4 Å². The molecule has 2 saturated heterocycles. The molecule has 0 N–H and O–H groups in total. The summed E-state index contributed by atoms with van der Waals surface area (Å²) in [7, 11) is 0. The summed E-state index contributed by atoms with van der Waals surface area (Å²) in [5.74, 6) is 0.905. The first-order valence-corrected chi connectivity index (χ1v) is 9.63. The fourth-order valence-corrected chi connectivity index (χ4v) is 5.34. The Labute approximate surface area is 151 Å². The normalized spacial score (nSPS) is 26.0. The number of hydrogen-bond acceptors (Lipinski definition) is 2. The first-order chi connectivity index (χ1) is 11.7. The molecule has 0 bridgehead atoms. The Hall–Kier alpha value is -1.65. The number of alkyl halides is 1. The van der Waals surface area contributed by atoms with Crippen LogP contribution >= 0.6 is 23.4 Å². The quantitative estimate of drug-likeness (QED) is 0.605. The topological polar surface area (TPSA) is 23.6 Å². The molecule has 5 heteroatoms. The average molecular weight is 359 g/mol. The molecule has 3 unspecified atom stereocenters. The number of rotatable bonds is 4. The molecule has 2 aliphatic rings. The van der Waals surface area contributed by atoms with Crippen molar-refractivity contribution in [3.8, 4) is 0 Å². The average Bonchev–Trinajstić information content (AvgIpc) is 3.11. The van der Waals surface area contributed by atoms with Gasteiger partial charge in [0.25, 0.3) is 0 Å². The molecule has 3 nitrogen and oxygen atoms in total. The smallest absolute Gasteiger partial charge is 0.314 e. The Kier molecular flexibility index (Phi) is 4.42. The Balaban J connectivity index is 1.59. The van der Waals surface area contributed by atoms with Crippen molar-refractivity contribution < 1.29 is 4.79 Å². The monoisotopic (exact) mass is 358 g/mol. The number of nitrogens with zero attached hydrogens (tertiary/aromatic N) is 2. The van der Waals surface area contributed by atoms with Gasteiger partial charge in [0.05, 0.1) is 12.1 Å². The van der Waals surface area contributed by atoms with Gasteiger partial charge in [-0.25, -0.2) is 4.79 Å². The van der Waals surface area contributed by atoms with Gasteiger partial charge in [-0.1, -0.05) is 60.7 Å². The fraction of sp³-hybridized carbons (Fsp3) is 0.316. The van der Waals surface area contributed by atoms with Gasteiger partial charge < -0.3 is 9.80 Å². The fourth-order valence-electron chi connectivity index (χ4n) is 3.54. The van der Waals surface area contributed by atoms with Crippen molar-refractivity contribution in [1.29, 1.82) is 0 Å². The van der Waals surface area contributed by atoms with E-state index in [4.69, 9.17) is 11.6 Å². The standard InChI is InChI=1S/C19H19ClN2OS/c20-18-17-16(13-24-18)21(11-14-7-3-1-4-8-14)19(23)22(17)12-15-9-5-2-6-10-15/h1-10,16-18H,11-13H2. The van der Waals surface area contributed by atoms with Crippen molar-refractivity contribution in [2.45, 2.75) is 29.9 Å². The summed E-state index contributed by atoms with van der Waals surface area (Å²) < 4.78 is -0.0385. The number of thioether (sulfide) groups is 1. The molecule has 24 heavy (non-hydrogen) atoms. The van der Waals surface area contributed by atoms with E-state index in [2.05, 4.69) is 24.3 Å². The van der Waals surface area contributed by atoms with Crippen LogP contribution in [0.2, 0.25) is 0 Å². The number of halogens is 1. The van der Waals surface area contributed by atoms with Crippen LogP contribution in [-0.2, 0) is 13.1 Å². The first-order valence-electron chi connectivity index (χ1n) is 8.15. The Morgan fingerprint density at radius 2 is 1.46 bits per heavy atom. The number of urea groups is 1. The maximum atomic E-state index is 13.1. The molecular formula is C19H19ClN2OS. The van der Waals surface area contributed by atoms with Crippen molar-refractivity contribution in [3.63, 3.8) is 0 Å². The molecule has 4 rings (SSSR count). The van der Waals surface area contributed by atoms with E-state index in [9.17, 15) is 4.79 Å². The molecule has 2 aromatic carbocycles. The summed E-state index contributed by atoms with van der Waals surface area (Å²) in [6.45, 7) is 1.27. The number of fused-ring (bicyclic) bond motifs is 1. The predicted octanol–water partition coefficient (Wildman–Crippen LogP) is 4.17. The van der Waals surface area contributed by atoms with E-state index in [0.29, 0.717) is 13.1 Å². The highest BCUT2D eigenvalue weighted by Gasteiger charge is 2.52. The van der Waals surface area contributed by atoms with E-state index in [0.717, 1.165) is 16.9 Å². The van der Waals surface area contributed by atoms with Crippen molar-refractivity contribution in [3.05, 3.63) is 71.8 Å². The van der Waals surface area contributed by atoms with Gasteiger partial charge in [-0.2, -0.15) is 0 Å². The van der Waals surface area contributed by atoms with E-state index < -0.39 is 0 Å². The number of benzene rings is 2. The number of amides is 2. The molecule has 2 heterocycles. The van der Waals surface area contributed by atoms with Crippen LogP contribution in [0.15, 0.2) is 60.7 Å². The van der Waals surface area contributed by atoms with E-state index in [1.807, 2.05) is 46.2 Å². The maximum Gasteiger partial charge on any atom is 0.321 e. The highest BCUT2D eigenvalue weighted by molar-refractivity contribution is 8.01. The minimum absolute atomic E-state index is 0.0385. The second-order valence-electron chi connectivity index (χ2n) is 6.25. The van der Waals surface area contributed by atoms with Crippen LogP contribution in [0.1, 0.15) is 11.1 Å². The lowest BCUT2D eigenvalue weighted by molar-refractivity contribution is 0.181. The Bertz CT molecular complexity index is 712. The number of carbonyl (C=O) groups is 1. The lowest BCUT2D eigenvalue weighted by Crippen LogP contribution is -2.38. The molecule has 0 saturated carbocycles. The largest absolute Gasteiger partial charge is 0.321 e. The zero-order chi connectivity index (χ0) is 16.5. The summed E-state index contributed by atoms with van der Waals surface area (Å²) in [4.78, 5) is 17.0. The molecule has 0 aliphatic carbocycles. The van der Waals surface area contributed by atoms with Gasteiger partial charge in [-0.05, 0) is 11.1 Å². The molecule has 3 atom stereocenters. The van der Waals surface area contributed by atoms with Gasteiger partial charge in [0.15, 0.2) is 0 Å². The predicted molar refractivity (Wildman–Crippen MR) is 99.0 cm³/mol. The van der Waals surface area contributed by atoms with Crippen molar-refractivity contribution in [1.82, 2.24) is 9.80 Å². The SMILES string of the molecule is O=C1N(Cc2ccccc2)C2CSC(Cl)C2N1Cc1ccccc1. The molecule has 0 spiro atoms. The van der Waals surface area contributed by atoms with Gasteiger partial charge in [0.2, 0.25) is 0 Å². The van der Waals surface area contributed by atoms with Crippen LogP contribution < -0.4 is 0 Å². The van der Waals surface area contributed by atoms with Crippen LogP contribution in [0.3, 0.4) is 0 Å². The summed E-state index contributed by atoms with van der Waals surface area (Å²) in [6, 6.07) is 20.7. The van der Waals surface area contributed by atoms with Gasteiger partial charge in [-0.15, -0.1) is 23.4 Å². The van der Waals surface area contributed by atoms with Crippen LogP contribution in [0.25, 0.3) is 0 Å². The molecular weight excluding hydrogens is 340 g/mol. The van der Waals surface area contributed by atoms with Crippen LogP contribution in [0.5, 0.6) is 0 Å². The molecule has 0 aromatic heterocycles. The van der Waals surface area contributed by atoms with E-state index >= 15 is 0 Å². The third kappa shape index (κ3) is 2.89. The minimum Gasteiger partial charge on any atom is -0.314 e. The summed E-state index contributed by atoms with van der Waals surface area (Å²) >= 11 is 8.30. The second kappa shape index (κ2) is 6.69. The summed E-state index contributed by atoms with van der Waals surface area (Å²) in [6.07, 6.45) is 0. The minimum atomic E-state index is -0.0385. The molecule has 0 radical (unpaired) electrons. The van der Waals surface area contributed by atoms with Crippen LogP contribution in [0, 0.1) is 0 Å². The van der Waals surface area contributed by atoms with Gasteiger partial charge in [0.1, 0.15) is 4.71 Å². The number of carbonyl (C=O) groups excluding carboxylic acids is 1. The van der Waals surface area contributed by atoms with E-state index in [-0.39, 0.29) is 22.8 Å². The lowest BCUT2D eigenvalue weighted by Gasteiger charge is -2.24. The zero-order valence-electron chi connectivity index (χ0n) is 13.2. The van der Waals surface area contributed by atoms with E-state index in [1.165, 1.54) is 0 Å².